The third-order valence-corrected chi connectivity index (χ3v) is 4.28. The maximum Gasteiger partial charge on any atom is 0.129 e. The van der Waals surface area contributed by atoms with Gasteiger partial charge < -0.3 is 10.8 Å². The van der Waals surface area contributed by atoms with E-state index in [2.05, 4.69) is 0 Å². The zero-order valence-electron chi connectivity index (χ0n) is 8.73. The molecule has 0 spiro atoms. The smallest absolute Gasteiger partial charge is 0.129 e. The maximum absolute atomic E-state index is 9.65. The molecule has 0 unspecified atom stereocenters. The summed E-state index contributed by atoms with van der Waals surface area (Å²) in [6.45, 7) is 0. The van der Waals surface area contributed by atoms with E-state index in [1.54, 1.807) is 17.8 Å². The highest BCUT2D eigenvalue weighted by molar-refractivity contribution is 8.00. The molecule has 2 nitrogen and oxygen atoms in total. The van der Waals surface area contributed by atoms with Gasteiger partial charge in [0, 0.05) is 16.2 Å². The molecule has 1 saturated carbocycles. The molecule has 1 aromatic rings. The van der Waals surface area contributed by atoms with Crippen LogP contribution in [0.25, 0.3) is 0 Å². The number of hydrogen-bond acceptors (Lipinski definition) is 3. The second kappa shape index (κ2) is 4.90. The molecule has 0 bridgehead atoms. The molecule has 2 rings (SSSR count). The lowest BCUT2D eigenvalue weighted by atomic mass is 9.96. The number of para-hydroxylation sites is 1. The molecule has 1 aromatic carbocycles. The highest BCUT2D eigenvalue weighted by Gasteiger charge is 2.20. The molecule has 3 heteroatoms. The Balaban J connectivity index is 1.95. The zero-order chi connectivity index (χ0) is 10.7. The van der Waals surface area contributed by atoms with Gasteiger partial charge in [0.15, 0.2) is 0 Å². The molecule has 3 N–H and O–H groups in total. The standard InChI is InChI=1S/C12H17NOS/c13-9-5-7-10(8-6-9)15-12-4-2-1-3-11(12)14/h1-4,9-10,14H,5-8,13H2. The SMILES string of the molecule is NC1CCC(Sc2ccccc2O)CC1. The summed E-state index contributed by atoms with van der Waals surface area (Å²) in [5, 5.41) is 10.3. The Hall–Kier alpha value is -0.670. The Bertz CT molecular complexity index is 321. The number of phenols is 1. The molecule has 0 radical (unpaired) electrons. The van der Waals surface area contributed by atoms with E-state index < -0.39 is 0 Å². The quantitative estimate of drug-likeness (QED) is 0.810. The van der Waals surface area contributed by atoms with Crippen LogP contribution in [0, 0.1) is 0 Å². The number of nitrogens with two attached hydrogens (primary N) is 1. The van der Waals surface area contributed by atoms with Crippen molar-refractivity contribution in [3.05, 3.63) is 24.3 Å². The van der Waals surface area contributed by atoms with Crippen LogP contribution in [0.2, 0.25) is 0 Å². The van der Waals surface area contributed by atoms with E-state index in [9.17, 15) is 5.11 Å². The molecular formula is C12H17NOS. The van der Waals surface area contributed by atoms with Crippen LogP contribution in [-0.4, -0.2) is 16.4 Å². The van der Waals surface area contributed by atoms with Crippen molar-refractivity contribution in [1.29, 1.82) is 0 Å². The minimum absolute atomic E-state index is 0.395. The van der Waals surface area contributed by atoms with E-state index in [4.69, 9.17) is 5.73 Å². The molecule has 0 heterocycles. The number of rotatable bonds is 2. The van der Waals surface area contributed by atoms with Crippen LogP contribution in [-0.2, 0) is 0 Å². The van der Waals surface area contributed by atoms with Crippen LogP contribution >= 0.6 is 11.8 Å². The molecule has 15 heavy (non-hydrogen) atoms. The fraction of sp³-hybridized carbons (Fsp3) is 0.500. The van der Waals surface area contributed by atoms with E-state index in [0.29, 0.717) is 17.0 Å². The fourth-order valence-corrected chi connectivity index (χ4v) is 3.16. The van der Waals surface area contributed by atoms with E-state index in [-0.39, 0.29) is 0 Å². The minimum atomic E-state index is 0.395. The summed E-state index contributed by atoms with van der Waals surface area (Å²) >= 11 is 1.79. The molecule has 82 valence electrons. The first-order chi connectivity index (χ1) is 7.25. The lowest BCUT2D eigenvalue weighted by Gasteiger charge is -2.25. The maximum atomic E-state index is 9.65. The summed E-state index contributed by atoms with van der Waals surface area (Å²) in [5.41, 5.74) is 5.86. The monoisotopic (exact) mass is 223 g/mol. The summed E-state index contributed by atoms with van der Waals surface area (Å²) in [5.74, 6) is 0.400. The van der Waals surface area contributed by atoms with Gasteiger partial charge in [0.1, 0.15) is 5.75 Å². The van der Waals surface area contributed by atoms with Crippen molar-refractivity contribution < 1.29 is 5.11 Å². The molecular weight excluding hydrogens is 206 g/mol. The predicted octanol–water partition coefficient (Wildman–Crippen LogP) is 2.75. The molecule has 1 aliphatic rings. The fourth-order valence-electron chi connectivity index (χ4n) is 1.94. The van der Waals surface area contributed by atoms with Crippen LogP contribution in [0.15, 0.2) is 29.2 Å². The van der Waals surface area contributed by atoms with Crippen molar-refractivity contribution in [1.82, 2.24) is 0 Å². The van der Waals surface area contributed by atoms with Crippen molar-refractivity contribution in [2.45, 2.75) is 41.9 Å². The zero-order valence-corrected chi connectivity index (χ0v) is 9.54. The summed E-state index contributed by atoms with van der Waals surface area (Å²) in [4.78, 5) is 0.998. The number of thioether (sulfide) groups is 1. The molecule has 0 aromatic heterocycles. The number of aromatic hydroxyl groups is 1. The Kier molecular flexibility index (Phi) is 3.54. The largest absolute Gasteiger partial charge is 0.507 e. The van der Waals surface area contributed by atoms with Gasteiger partial charge in [-0.25, -0.2) is 0 Å². The molecule has 0 saturated heterocycles. The highest BCUT2D eigenvalue weighted by Crippen LogP contribution is 2.37. The molecule has 1 aliphatic carbocycles. The van der Waals surface area contributed by atoms with Gasteiger partial charge in [-0.3, -0.25) is 0 Å². The summed E-state index contributed by atoms with van der Waals surface area (Å²) < 4.78 is 0. The molecule has 0 amide bonds. The van der Waals surface area contributed by atoms with Gasteiger partial charge in [0.05, 0.1) is 0 Å². The molecule has 1 fully saturated rings. The van der Waals surface area contributed by atoms with Crippen molar-refractivity contribution in [2.75, 3.05) is 0 Å². The van der Waals surface area contributed by atoms with Crippen LogP contribution < -0.4 is 5.73 Å². The van der Waals surface area contributed by atoms with Gasteiger partial charge in [0.25, 0.3) is 0 Å². The summed E-state index contributed by atoms with van der Waals surface area (Å²) in [6.07, 6.45) is 4.57. The Morgan fingerprint density at radius 2 is 1.80 bits per heavy atom. The van der Waals surface area contributed by atoms with Crippen LogP contribution in [0.3, 0.4) is 0 Å². The van der Waals surface area contributed by atoms with E-state index in [0.717, 1.165) is 17.7 Å². The topological polar surface area (TPSA) is 46.2 Å². The van der Waals surface area contributed by atoms with Gasteiger partial charge in [-0.2, -0.15) is 0 Å². The van der Waals surface area contributed by atoms with Crippen LogP contribution in [0.5, 0.6) is 5.75 Å². The number of phenolic OH excluding ortho intramolecular Hbond substituents is 1. The first kappa shape index (κ1) is 10.8. The second-order valence-electron chi connectivity index (χ2n) is 4.12. The average Bonchev–Trinajstić information content (AvgIpc) is 2.25. The lowest BCUT2D eigenvalue weighted by Crippen LogP contribution is -2.27. The third kappa shape index (κ3) is 2.89. The number of benzene rings is 1. The Labute approximate surface area is 94.9 Å². The second-order valence-corrected chi connectivity index (χ2v) is 5.46. The van der Waals surface area contributed by atoms with E-state index in [1.807, 2.05) is 18.2 Å². The van der Waals surface area contributed by atoms with Gasteiger partial charge in [0.2, 0.25) is 0 Å². The van der Waals surface area contributed by atoms with E-state index >= 15 is 0 Å². The lowest BCUT2D eigenvalue weighted by molar-refractivity contribution is 0.447. The first-order valence-electron chi connectivity index (χ1n) is 5.46. The van der Waals surface area contributed by atoms with Crippen molar-refractivity contribution in [2.24, 2.45) is 5.73 Å². The van der Waals surface area contributed by atoms with Gasteiger partial charge in [-0.1, -0.05) is 12.1 Å². The van der Waals surface area contributed by atoms with Gasteiger partial charge >= 0.3 is 0 Å². The van der Waals surface area contributed by atoms with Crippen LogP contribution in [0.4, 0.5) is 0 Å². The third-order valence-electron chi connectivity index (χ3n) is 2.88. The molecule has 0 aliphatic heterocycles. The highest BCUT2D eigenvalue weighted by atomic mass is 32.2. The van der Waals surface area contributed by atoms with Crippen molar-refractivity contribution in [3.63, 3.8) is 0 Å². The Morgan fingerprint density at radius 1 is 1.13 bits per heavy atom. The first-order valence-corrected chi connectivity index (χ1v) is 6.34. The summed E-state index contributed by atoms with van der Waals surface area (Å²) in [7, 11) is 0. The van der Waals surface area contributed by atoms with Gasteiger partial charge in [-0.15, -0.1) is 11.8 Å². The number of hydrogen-bond donors (Lipinski definition) is 2. The van der Waals surface area contributed by atoms with Crippen molar-refractivity contribution >= 4 is 11.8 Å². The Morgan fingerprint density at radius 3 is 2.47 bits per heavy atom. The average molecular weight is 223 g/mol. The molecule has 0 atom stereocenters. The normalized spacial score (nSPS) is 26.5. The minimum Gasteiger partial charge on any atom is -0.507 e. The summed E-state index contributed by atoms with van der Waals surface area (Å²) in [6, 6.07) is 7.95. The van der Waals surface area contributed by atoms with Crippen molar-refractivity contribution in [3.8, 4) is 5.75 Å². The predicted molar refractivity (Wildman–Crippen MR) is 64.2 cm³/mol. The van der Waals surface area contributed by atoms with Crippen LogP contribution in [0.1, 0.15) is 25.7 Å². The van der Waals surface area contributed by atoms with Gasteiger partial charge in [-0.05, 0) is 37.8 Å². The van der Waals surface area contributed by atoms with E-state index in [1.165, 1.54) is 12.8 Å².